The second-order valence-electron chi connectivity index (χ2n) is 8.77. The fourth-order valence-corrected chi connectivity index (χ4v) is 6.28. The number of esters is 1. The third-order valence-electron chi connectivity index (χ3n) is 6.87. The van der Waals surface area contributed by atoms with E-state index in [4.69, 9.17) is 27.9 Å². The first-order valence-corrected chi connectivity index (χ1v) is 10.5. The lowest BCUT2D eigenvalue weighted by molar-refractivity contribution is -0.128. The van der Waals surface area contributed by atoms with Crippen molar-refractivity contribution in [3.05, 3.63) is 33.8 Å². The van der Waals surface area contributed by atoms with Crippen LogP contribution < -0.4 is 5.32 Å². The molecule has 6 heteroatoms. The number of hydrogen-bond acceptors (Lipinski definition) is 3. The summed E-state index contributed by atoms with van der Waals surface area (Å²) in [6.07, 6.45) is 7.81. The highest BCUT2D eigenvalue weighted by atomic mass is 35.5. The van der Waals surface area contributed by atoms with E-state index in [0.717, 1.165) is 17.8 Å². The zero-order chi connectivity index (χ0) is 19.2. The smallest absolute Gasteiger partial charge is 0.338 e. The summed E-state index contributed by atoms with van der Waals surface area (Å²) in [5.41, 5.74) is 0.518. The summed E-state index contributed by atoms with van der Waals surface area (Å²) in [5, 5.41) is 3.75. The molecule has 4 aliphatic rings. The van der Waals surface area contributed by atoms with Crippen molar-refractivity contribution in [3.8, 4) is 0 Å². The van der Waals surface area contributed by atoms with Crippen molar-refractivity contribution in [3.63, 3.8) is 0 Å². The van der Waals surface area contributed by atoms with E-state index in [2.05, 4.69) is 12.2 Å². The van der Waals surface area contributed by atoms with Gasteiger partial charge in [-0.2, -0.15) is 0 Å². The molecule has 0 spiro atoms. The summed E-state index contributed by atoms with van der Waals surface area (Å²) < 4.78 is 5.15. The number of ether oxygens (including phenoxy) is 1. The second kappa shape index (κ2) is 7.29. The number of carbonyl (C=O) groups is 2. The van der Waals surface area contributed by atoms with Crippen molar-refractivity contribution in [1.29, 1.82) is 0 Å². The third kappa shape index (κ3) is 3.84. The number of halogens is 2. The van der Waals surface area contributed by atoms with Crippen LogP contribution in [0.25, 0.3) is 0 Å². The maximum absolute atomic E-state index is 12.4. The van der Waals surface area contributed by atoms with Crippen LogP contribution in [0.15, 0.2) is 18.2 Å². The van der Waals surface area contributed by atoms with Crippen LogP contribution in [-0.4, -0.2) is 24.5 Å². The Kier molecular flexibility index (Phi) is 5.15. The summed E-state index contributed by atoms with van der Waals surface area (Å²) in [6.45, 7) is 1.83. The van der Waals surface area contributed by atoms with E-state index in [0.29, 0.717) is 5.02 Å². The summed E-state index contributed by atoms with van der Waals surface area (Å²) in [5.74, 6) is 1.69. The minimum atomic E-state index is -0.578. The van der Waals surface area contributed by atoms with E-state index >= 15 is 0 Å². The second-order valence-corrected chi connectivity index (χ2v) is 9.59. The maximum Gasteiger partial charge on any atom is 0.338 e. The number of amides is 1. The standard InChI is InChI=1S/C21H25Cl2NO3/c1-12(21-8-13-4-14(9-21)6-15(5-13)10-21)24-19(25)11-27-20(26)16-2-3-17(22)18(23)7-16/h2-3,7,12-15H,4-6,8-11H2,1H3,(H,24,25)/t12-,13?,14?,15?,21?/m0/s1. The van der Waals surface area contributed by atoms with Crippen LogP contribution in [-0.2, 0) is 9.53 Å². The van der Waals surface area contributed by atoms with Crippen LogP contribution in [0.2, 0.25) is 10.0 Å². The molecule has 4 saturated carbocycles. The normalized spacial score (nSPS) is 32.2. The first-order valence-electron chi connectivity index (χ1n) is 9.76. The minimum absolute atomic E-state index is 0.113. The van der Waals surface area contributed by atoms with Crippen LogP contribution >= 0.6 is 23.2 Å². The van der Waals surface area contributed by atoms with Gasteiger partial charge in [0, 0.05) is 6.04 Å². The van der Waals surface area contributed by atoms with Crippen LogP contribution in [0.5, 0.6) is 0 Å². The molecule has 1 aromatic rings. The van der Waals surface area contributed by atoms with Crippen molar-refractivity contribution >= 4 is 35.1 Å². The van der Waals surface area contributed by atoms with Gasteiger partial charge in [-0.15, -0.1) is 0 Å². The zero-order valence-corrected chi connectivity index (χ0v) is 17.0. The van der Waals surface area contributed by atoms with Crippen molar-refractivity contribution in [2.75, 3.05) is 6.61 Å². The molecule has 27 heavy (non-hydrogen) atoms. The van der Waals surface area contributed by atoms with Gasteiger partial charge in [0.2, 0.25) is 0 Å². The van der Waals surface area contributed by atoms with Gasteiger partial charge in [-0.05, 0) is 86.8 Å². The number of rotatable bonds is 5. The van der Waals surface area contributed by atoms with Gasteiger partial charge in [0.1, 0.15) is 0 Å². The van der Waals surface area contributed by atoms with Gasteiger partial charge in [0.15, 0.2) is 6.61 Å². The molecule has 1 atom stereocenters. The Balaban J connectivity index is 1.31. The summed E-state index contributed by atoms with van der Waals surface area (Å²) in [4.78, 5) is 24.5. The fraction of sp³-hybridized carbons (Fsp3) is 0.619. The van der Waals surface area contributed by atoms with Gasteiger partial charge in [-0.25, -0.2) is 4.79 Å². The Hall–Kier alpha value is -1.26. The SMILES string of the molecule is C[C@H](NC(=O)COC(=O)c1ccc(Cl)c(Cl)c1)C12CC3CC(CC(C3)C1)C2. The van der Waals surface area contributed by atoms with Crippen LogP contribution in [0, 0.1) is 23.2 Å². The Morgan fingerprint density at radius 1 is 1.11 bits per heavy atom. The molecule has 0 heterocycles. The predicted octanol–water partition coefficient (Wildman–Crippen LogP) is 4.87. The number of carbonyl (C=O) groups excluding carboxylic acids is 2. The first-order chi connectivity index (χ1) is 12.8. The van der Waals surface area contributed by atoms with Crippen molar-refractivity contribution in [2.45, 2.75) is 51.5 Å². The van der Waals surface area contributed by atoms with Gasteiger partial charge in [-0.3, -0.25) is 4.79 Å². The molecule has 0 aliphatic heterocycles. The summed E-state index contributed by atoms with van der Waals surface area (Å²) >= 11 is 11.8. The molecule has 4 aliphatic carbocycles. The van der Waals surface area contributed by atoms with Gasteiger partial charge in [0.05, 0.1) is 15.6 Å². The Labute approximate surface area is 169 Å². The fourth-order valence-electron chi connectivity index (χ4n) is 5.98. The first kappa shape index (κ1) is 19.1. The monoisotopic (exact) mass is 409 g/mol. The molecule has 4 nitrogen and oxygen atoms in total. The molecule has 1 aromatic carbocycles. The number of benzene rings is 1. The Morgan fingerprint density at radius 3 is 2.26 bits per heavy atom. The average molecular weight is 410 g/mol. The molecular weight excluding hydrogens is 385 g/mol. The van der Waals surface area contributed by atoms with E-state index < -0.39 is 5.97 Å². The Morgan fingerprint density at radius 2 is 1.70 bits per heavy atom. The zero-order valence-electron chi connectivity index (χ0n) is 15.5. The molecule has 146 valence electrons. The number of hydrogen-bond donors (Lipinski definition) is 1. The van der Waals surface area contributed by atoms with Gasteiger partial charge < -0.3 is 10.1 Å². The van der Waals surface area contributed by atoms with E-state index in [1.54, 1.807) is 0 Å². The largest absolute Gasteiger partial charge is 0.452 e. The van der Waals surface area contributed by atoms with Gasteiger partial charge in [0.25, 0.3) is 5.91 Å². The molecule has 0 radical (unpaired) electrons. The minimum Gasteiger partial charge on any atom is -0.452 e. The van der Waals surface area contributed by atoms with Crippen LogP contribution in [0.1, 0.15) is 55.8 Å². The van der Waals surface area contributed by atoms with E-state index in [1.165, 1.54) is 56.7 Å². The lowest BCUT2D eigenvalue weighted by Crippen LogP contribution is -2.56. The van der Waals surface area contributed by atoms with Crippen molar-refractivity contribution in [1.82, 2.24) is 5.32 Å². The molecule has 4 fully saturated rings. The molecule has 1 amide bonds. The lowest BCUT2D eigenvalue weighted by Gasteiger charge is -2.59. The van der Waals surface area contributed by atoms with E-state index in [-0.39, 0.29) is 34.6 Å². The molecule has 5 rings (SSSR count). The van der Waals surface area contributed by atoms with Gasteiger partial charge in [-0.1, -0.05) is 23.2 Å². The summed E-state index contributed by atoms with van der Waals surface area (Å²) in [7, 11) is 0. The van der Waals surface area contributed by atoms with Gasteiger partial charge >= 0.3 is 5.97 Å². The third-order valence-corrected chi connectivity index (χ3v) is 7.61. The highest BCUT2D eigenvalue weighted by Gasteiger charge is 2.53. The molecule has 4 bridgehead atoms. The average Bonchev–Trinajstić information content (AvgIpc) is 2.61. The summed E-state index contributed by atoms with van der Waals surface area (Å²) in [6, 6.07) is 4.63. The van der Waals surface area contributed by atoms with Crippen LogP contribution in [0.3, 0.4) is 0 Å². The molecule has 0 saturated heterocycles. The quantitative estimate of drug-likeness (QED) is 0.705. The molecule has 0 unspecified atom stereocenters. The molecular formula is C21H25Cl2NO3. The lowest BCUT2D eigenvalue weighted by atomic mass is 9.48. The molecule has 0 aromatic heterocycles. The van der Waals surface area contributed by atoms with Crippen molar-refractivity contribution < 1.29 is 14.3 Å². The predicted molar refractivity (Wildman–Crippen MR) is 105 cm³/mol. The molecule has 1 N–H and O–H groups in total. The van der Waals surface area contributed by atoms with Crippen molar-refractivity contribution in [2.24, 2.45) is 23.2 Å². The maximum atomic E-state index is 12.4. The highest BCUT2D eigenvalue weighted by Crippen LogP contribution is 2.61. The van der Waals surface area contributed by atoms with E-state index in [1.807, 2.05) is 0 Å². The van der Waals surface area contributed by atoms with E-state index in [9.17, 15) is 9.59 Å². The topological polar surface area (TPSA) is 55.4 Å². The highest BCUT2D eigenvalue weighted by molar-refractivity contribution is 6.42. The number of nitrogens with one attached hydrogen (secondary N) is 1. The Bertz CT molecular complexity index is 729. The van der Waals surface area contributed by atoms with Crippen LogP contribution in [0.4, 0.5) is 0 Å².